The first-order valence-corrected chi connectivity index (χ1v) is 5.77. The van der Waals surface area contributed by atoms with Gasteiger partial charge in [-0.3, -0.25) is 0 Å². The minimum atomic E-state index is 0.282. The van der Waals surface area contributed by atoms with Gasteiger partial charge in [0, 0.05) is 18.8 Å². The van der Waals surface area contributed by atoms with Crippen molar-refractivity contribution in [1.82, 2.24) is 9.55 Å². The summed E-state index contributed by atoms with van der Waals surface area (Å²) in [5.41, 5.74) is 2.05. The lowest BCUT2D eigenvalue weighted by Crippen LogP contribution is -1.84. The third-order valence-corrected chi connectivity index (χ3v) is 3.59. The first-order valence-electron chi connectivity index (χ1n) is 4.95. The Hall–Kier alpha value is -1.81. The number of fused-ring (bicyclic) bond motifs is 1. The van der Waals surface area contributed by atoms with Crippen LogP contribution in [0.25, 0.3) is 20.9 Å². The molecular weight excluding hydrogens is 220 g/mol. The second kappa shape index (κ2) is 3.35. The molecule has 3 aromatic rings. The fourth-order valence-electron chi connectivity index (χ4n) is 1.66. The highest BCUT2D eigenvalue weighted by Crippen LogP contribution is 2.30. The van der Waals surface area contributed by atoms with Gasteiger partial charge in [-0.1, -0.05) is 0 Å². The highest BCUT2D eigenvalue weighted by molar-refractivity contribution is 7.21. The van der Waals surface area contributed by atoms with Gasteiger partial charge in [0.2, 0.25) is 0 Å². The molecule has 0 spiro atoms. The molecule has 0 unspecified atom stereocenters. The number of aromatic hydroxyl groups is 1. The van der Waals surface area contributed by atoms with Crippen molar-refractivity contribution in [1.29, 1.82) is 0 Å². The molecule has 0 fully saturated rings. The summed E-state index contributed by atoms with van der Waals surface area (Å²) in [6, 6.07) is 9.19. The highest BCUT2D eigenvalue weighted by atomic mass is 32.1. The molecule has 4 heteroatoms. The van der Waals surface area contributed by atoms with Gasteiger partial charge in [-0.05, 0) is 30.3 Å². The van der Waals surface area contributed by atoms with Crippen LogP contribution >= 0.6 is 11.3 Å². The van der Waals surface area contributed by atoms with E-state index >= 15 is 0 Å². The summed E-state index contributed by atoms with van der Waals surface area (Å²) in [4.78, 5) is 4.57. The Kier molecular flexibility index (Phi) is 1.97. The Morgan fingerprint density at radius 1 is 1.19 bits per heavy atom. The average Bonchev–Trinajstić information content (AvgIpc) is 2.83. The molecule has 80 valence electrons. The molecule has 2 aromatic heterocycles. The zero-order chi connectivity index (χ0) is 11.1. The van der Waals surface area contributed by atoms with Crippen molar-refractivity contribution >= 4 is 21.7 Å². The van der Waals surface area contributed by atoms with Gasteiger partial charge in [-0.25, -0.2) is 4.98 Å². The molecule has 3 nitrogen and oxygen atoms in total. The molecule has 3 rings (SSSR count). The summed E-state index contributed by atoms with van der Waals surface area (Å²) in [6.45, 7) is 0. The van der Waals surface area contributed by atoms with Gasteiger partial charge in [0.05, 0.1) is 4.70 Å². The number of phenolic OH excluding ortho intramolecular Hbond substituents is 1. The van der Waals surface area contributed by atoms with Crippen molar-refractivity contribution in [3.63, 3.8) is 0 Å². The molecule has 0 aliphatic carbocycles. The summed E-state index contributed by atoms with van der Waals surface area (Å²) >= 11 is 1.66. The van der Waals surface area contributed by atoms with E-state index in [0.717, 1.165) is 16.2 Å². The van der Waals surface area contributed by atoms with Crippen LogP contribution in [0.1, 0.15) is 0 Å². The molecule has 0 aliphatic rings. The van der Waals surface area contributed by atoms with Gasteiger partial charge in [0.1, 0.15) is 10.8 Å². The minimum absolute atomic E-state index is 0.282. The highest BCUT2D eigenvalue weighted by Gasteiger charge is 2.08. The third kappa shape index (κ3) is 1.39. The van der Waals surface area contributed by atoms with Gasteiger partial charge >= 0.3 is 0 Å². The van der Waals surface area contributed by atoms with Crippen molar-refractivity contribution < 1.29 is 5.11 Å². The molecule has 0 saturated heterocycles. The van der Waals surface area contributed by atoms with Crippen molar-refractivity contribution in [2.75, 3.05) is 0 Å². The van der Waals surface area contributed by atoms with Crippen LogP contribution in [0.2, 0.25) is 0 Å². The largest absolute Gasteiger partial charge is 0.508 e. The van der Waals surface area contributed by atoms with E-state index in [4.69, 9.17) is 0 Å². The predicted octanol–water partition coefficient (Wildman–Crippen LogP) is 3.01. The molecule has 1 aromatic carbocycles. The Morgan fingerprint density at radius 2 is 1.94 bits per heavy atom. The van der Waals surface area contributed by atoms with E-state index in [1.54, 1.807) is 23.5 Å². The van der Waals surface area contributed by atoms with Gasteiger partial charge < -0.3 is 9.67 Å². The quantitative estimate of drug-likeness (QED) is 0.697. The third-order valence-electron chi connectivity index (χ3n) is 2.53. The average molecular weight is 230 g/mol. The van der Waals surface area contributed by atoms with Crippen molar-refractivity contribution in [3.05, 3.63) is 36.5 Å². The fraction of sp³-hybridized carbons (Fsp3) is 0.0833. The lowest BCUT2D eigenvalue weighted by molar-refractivity contribution is 0.475. The lowest BCUT2D eigenvalue weighted by Gasteiger charge is -1.95. The predicted molar refractivity (Wildman–Crippen MR) is 65.7 cm³/mol. The van der Waals surface area contributed by atoms with Crippen LogP contribution in [0.5, 0.6) is 5.75 Å². The first-order chi connectivity index (χ1) is 7.74. The number of aromatic nitrogens is 2. The van der Waals surface area contributed by atoms with Crippen LogP contribution in [0.4, 0.5) is 0 Å². The van der Waals surface area contributed by atoms with E-state index in [0.29, 0.717) is 0 Å². The number of thiazole rings is 1. The Bertz CT molecular complexity index is 637. The zero-order valence-corrected chi connectivity index (χ0v) is 9.53. The Balaban J connectivity index is 2.15. The normalized spacial score (nSPS) is 11.1. The zero-order valence-electron chi connectivity index (χ0n) is 8.71. The number of nitrogens with zero attached hydrogens (tertiary/aromatic N) is 2. The molecule has 0 amide bonds. The van der Waals surface area contributed by atoms with Crippen molar-refractivity contribution in [3.8, 4) is 16.3 Å². The molecule has 0 atom stereocenters. The van der Waals surface area contributed by atoms with Gasteiger partial charge in [-0.15, -0.1) is 11.3 Å². The fourth-order valence-corrected chi connectivity index (χ4v) is 2.67. The second-order valence-corrected chi connectivity index (χ2v) is 4.71. The number of rotatable bonds is 1. The summed E-state index contributed by atoms with van der Waals surface area (Å²) < 4.78 is 3.20. The molecule has 16 heavy (non-hydrogen) atoms. The van der Waals surface area contributed by atoms with Gasteiger partial charge in [0.15, 0.2) is 5.65 Å². The summed E-state index contributed by atoms with van der Waals surface area (Å²) in [6.07, 6.45) is 2.01. The smallest absolute Gasteiger partial charge is 0.151 e. The number of hydrogen-bond acceptors (Lipinski definition) is 3. The maximum absolute atomic E-state index is 9.23. The SMILES string of the molecule is Cn1ccc2sc(-c3ccc(O)cc3)nc21. The first kappa shape index (κ1) is 9.42. The monoisotopic (exact) mass is 230 g/mol. The van der Waals surface area contributed by atoms with Crippen LogP contribution in [0.3, 0.4) is 0 Å². The van der Waals surface area contributed by atoms with E-state index in [1.165, 1.54) is 4.70 Å². The van der Waals surface area contributed by atoms with E-state index in [9.17, 15) is 5.11 Å². The molecule has 0 radical (unpaired) electrons. The minimum Gasteiger partial charge on any atom is -0.508 e. The standard InChI is InChI=1S/C12H10N2OS/c1-14-7-6-10-11(14)13-12(16-10)8-2-4-9(15)5-3-8/h2-7,15H,1H3. The van der Waals surface area contributed by atoms with E-state index in [2.05, 4.69) is 11.1 Å². The van der Waals surface area contributed by atoms with Crippen molar-refractivity contribution in [2.45, 2.75) is 0 Å². The number of phenols is 1. The summed E-state index contributed by atoms with van der Waals surface area (Å²) in [7, 11) is 1.99. The van der Waals surface area contributed by atoms with E-state index in [1.807, 2.05) is 29.9 Å². The van der Waals surface area contributed by atoms with Gasteiger partial charge in [-0.2, -0.15) is 0 Å². The number of benzene rings is 1. The molecule has 1 N–H and O–H groups in total. The van der Waals surface area contributed by atoms with Crippen LogP contribution < -0.4 is 0 Å². The van der Waals surface area contributed by atoms with Crippen LogP contribution in [0.15, 0.2) is 36.5 Å². The molecule has 2 heterocycles. The lowest BCUT2D eigenvalue weighted by atomic mass is 10.2. The Morgan fingerprint density at radius 3 is 2.62 bits per heavy atom. The summed E-state index contributed by atoms with van der Waals surface area (Å²) in [5.74, 6) is 0.282. The van der Waals surface area contributed by atoms with Crippen LogP contribution in [-0.4, -0.2) is 14.7 Å². The number of aryl methyl sites for hydroxylation is 1. The molecule has 0 aliphatic heterocycles. The van der Waals surface area contributed by atoms with E-state index < -0.39 is 0 Å². The van der Waals surface area contributed by atoms with Crippen molar-refractivity contribution in [2.24, 2.45) is 7.05 Å². The maximum atomic E-state index is 9.23. The van der Waals surface area contributed by atoms with Crippen LogP contribution in [-0.2, 0) is 7.05 Å². The Labute approximate surface area is 96.6 Å². The maximum Gasteiger partial charge on any atom is 0.151 e. The van der Waals surface area contributed by atoms with Crippen LogP contribution in [0, 0.1) is 0 Å². The molecular formula is C12H10N2OS. The number of hydrogen-bond donors (Lipinski definition) is 1. The summed E-state index contributed by atoms with van der Waals surface area (Å²) in [5, 5.41) is 10.2. The van der Waals surface area contributed by atoms with Gasteiger partial charge in [0.25, 0.3) is 0 Å². The second-order valence-electron chi connectivity index (χ2n) is 3.68. The topological polar surface area (TPSA) is 38.0 Å². The molecule has 0 saturated carbocycles. The molecule has 0 bridgehead atoms. The van der Waals surface area contributed by atoms with E-state index in [-0.39, 0.29) is 5.75 Å².